The predicted molar refractivity (Wildman–Crippen MR) is 29.6 cm³/mol. The van der Waals surface area contributed by atoms with Crippen molar-refractivity contribution >= 4 is 11.8 Å². The number of nitrogens with zero attached hydrogens (tertiary/aromatic N) is 1. The number of aromatic nitrogens is 1. The lowest BCUT2D eigenvalue weighted by Gasteiger charge is -1.91. The highest BCUT2D eigenvalue weighted by atomic mass is 35.5. The van der Waals surface area contributed by atoms with Gasteiger partial charge < -0.3 is 0 Å². The Labute approximate surface area is 46.8 Å². The highest BCUT2D eigenvalue weighted by molar-refractivity contribution is 6.20. The summed E-state index contributed by atoms with van der Waals surface area (Å²) in [7, 11) is 0. The minimum absolute atomic E-state index is 1.64. The molecule has 1 heterocycles. The Morgan fingerprint density at radius 3 is 2.14 bits per heavy atom. The van der Waals surface area contributed by atoms with Gasteiger partial charge in [-0.05, 0) is 12.1 Å². The average Bonchev–Trinajstić information content (AvgIpc) is 2.14. The van der Waals surface area contributed by atoms with Crippen molar-refractivity contribution in [1.29, 1.82) is 0 Å². The SMILES string of the molecule is ClNn1cccc1. The van der Waals surface area contributed by atoms with Gasteiger partial charge in [0.1, 0.15) is 0 Å². The van der Waals surface area contributed by atoms with Crippen molar-refractivity contribution in [2.75, 3.05) is 4.94 Å². The molecule has 0 spiro atoms. The number of hydrogen-bond acceptors (Lipinski definition) is 1. The van der Waals surface area contributed by atoms with Crippen molar-refractivity contribution in [3.05, 3.63) is 24.5 Å². The zero-order chi connectivity index (χ0) is 5.11. The molecule has 0 saturated heterocycles. The van der Waals surface area contributed by atoms with Crippen LogP contribution in [0.25, 0.3) is 0 Å². The summed E-state index contributed by atoms with van der Waals surface area (Å²) in [6.45, 7) is 0. The molecule has 1 N–H and O–H groups in total. The van der Waals surface area contributed by atoms with Crippen LogP contribution in [0, 0.1) is 0 Å². The van der Waals surface area contributed by atoms with E-state index < -0.39 is 0 Å². The maximum atomic E-state index is 5.18. The third-order valence-electron chi connectivity index (χ3n) is 0.702. The summed E-state index contributed by atoms with van der Waals surface area (Å²) >= 11 is 5.18. The Bertz CT molecular complexity index is 124. The fourth-order valence-electron chi connectivity index (χ4n) is 0.391. The molecule has 0 bridgehead atoms. The van der Waals surface area contributed by atoms with Crippen LogP contribution in [-0.2, 0) is 0 Å². The molecule has 3 heteroatoms. The van der Waals surface area contributed by atoms with Crippen molar-refractivity contribution in [1.82, 2.24) is 4.68 Å². The zero-order valence-corrected chi connectivity index (χ0v) is 4.39. The van der Waals surface area contributed by atoms with Gasteiger partial charge in [-0.2, -0.15) is 0 Å². The first-order valence-electron chi connectivity index (χ1n) is 1.93. The standard InChI is InChI=1S/C4H5ClN2/c5-6-7-3-1-2-4-7/h1-4,6H. The quantitative estimate of drug-likeness (QED) is 0.546. The Kier molecular flexibility index (Phi) is 1.22. The zero-order valence-electron chi connectivity index (χ0n) is 3.63. The molecule has 0 aromatic carbocycles. The van der Waals surface area contributed by atoms with Gasteiger partial charge in [-0.1, -0.05) is 0 Å². The second-order valence-electron chi connectivity index (χ2n) is 1.17. The van der Waals surface area contributed by atoms with E-state index in [1.807, 2.05) is 24.5 Å². The Balaban J connectivity index is 2.76. The normalized spacial score (nSPS) is 8.71. The fourth-order valence-corrected chi connectivity index (χ4v) is 0.504. The van der Waals surface area contributed by atoms with Crippen LogP contribution in [0.15, 0.2) is 24.5 Å². The first-order chi connectivity index (χ1) is 3.43. The summed E-state index contributed by atoms with van der Waals surface area (Å²) in [5.41, 5.74) is 0. The van der Waals surface area contributed by atoms with E-state index in [-0.39, 0.29) is 0 Å². The van der Waals surface area contributed by atoms with Crippen LogP contribution in [0.2, 0.25) is 0 Å². The van der Waals surface area contributed by atoms with Crippen LogP contribution in [0.5, 0.6) is 0 Å². The van der Waals surface area contributed by atoms with Gasteiger partial charge in [-0.3, -0.25) is 4.68 Å². The van der Waals surface area contributed by atoms with Crippen molar-refractivity contribution in [3.8, 4) is 0 Å². The first kappa shape index (κ1) is 4.53. The smallest absolute Gasteiger partial charge is 0.0276 e. The molecule has 0 saturated carbocycles. The van der Waals surface area contributed by atoms with Crippen LogP contribution in [-0.4, -0.2) is 4.68 Å². The molecule has 0 amide bonds. The van der Waals surface area contributed by atoms with Gasteiger partial charge in [0.15, 0.2) is 0 Å². The maximum Gasteiger partial charge on any atom is 0.0276 e. The van der Waals surface area contributed by atoms with Gasteiger partial charge in [0, 0.05) is 24.2 Å². The van der Waals surface area contributed by atoms with Crippen molar-refractivity contribution in [2.24, 2.45) is 0 Å². The van der Waals surface area contributed by atoms with E-state index in [0.29, 0.717) is 0 Å². The summed E-state index contributed by atoms with van der Waals surface area (Å²) in [5, 5.41) is 0. The van der Waals surface area contributed by atoms with Gasteiger partial charge in [0.2, 0.25) is 0 Å². The largest absolute Gasteiger partial charge is 0.261 e. The molecule has 0 aliphatic rings. The second-order valence-corrected chi connectivity index (χ2v) is 1.34. The highest BCUT2D eigenvalue weighted by Gasteiger charge is 1.75. The number of nitrogens with one attached hydrogen (secondary N) is 1. The molecule has 1 rings (SSSR count). The summed E-state index contributed by atoms with van der Waals surface area (Å²) < 4.78 is 1.64. The summed E-state index contributed by atoms with van der Waals surface area (Å²) in [4.78, 5) is 2.40. The highest BCUT2D eigenvalue weighted by Crippen LogP contribution is 1.84. The number of hydrogen-bond donors (Lipinski definition) is 1. The van der Waals surface area contributed by atoms with E-state index >= 15 is 0 Å². The van der Waals surface area contributed by atoms with Gasteiger partial charge in [0.05, 0.1) is 0 Å². The van der Waals surface area contributed by atoms with Crippen LogP contribution in [0.3, 0.4) is 0 Å². The second kappa shape index (κ2) is 1.89. The van der Waals surface area contributed by atoms with E-state index in [4.69, 9.17) is 11.8 Å². The molecular weight excluding hydrogens is 112 g/mol. The van der Waals surface area contributed by atoms with Crippen LogP contribution in [0.4, 0.5) is 0 Å². The molecule has 2 nitrogen and oxygen atoms in total. The minimum atomic E-state index is 1.64. The Hall–Kier alpha value is -0.630. The average molecular weight is 117 g/mol. The monoisotopic (exact) mass is 116 g/mol. The van der Waals surface area contributed by atoms with Gasteiger partial charge in [-0.15, -0.1) is 0 Å². The summed E-state index contributed by atoms with van der Waals surface area (Å²) in [5.74, 6) is 0. The lowest BCUT2D eigenvalue weighted by atomic mass is 10.7. The molecule has 1 aromatic rings. The van der Waals surface area contributed by atoms with Gasteiger partial charge in [0.25, 0.3) is 0 Å². The third kappa shape index (κ3) is 0.871. The van der Waals surface area contributed by atoms with E-state index in [0.717, 1.165) is 0 Å². The molecule has 0 atom stereocenters. The van der Waals surface area contributed by atoms with Crippen LogP contribution in [0.1, 0.15) is 0 Å². The Morgan fingerprint density at radius 2 is 1.86 bits per heavy atom. The lowest BCUT2D eigenvalue weighted by Crippen LogP contribution is -1.96. The van der Waals surface area contributed by atoms with Crippen molar-refractivity contribution in [2.45, 2.75) is 0 Å². The molecule has 1 aromatic heterocycles. The molecular formula is C4H5ClN2. The third-order valence-corrected chi connectivity index (χ3v) is 0.897. The molecule has 7 heavy (non-hydrogen) atoms. The summed E-state index contributed by atoms with van der Waals surface area (Å²) in [6, 6.07) is 3.77. The lowest BCUT2D eigenvalue weighted by molar-refractivity contribution is 1.01. The molecule has 38 valence electrons. The maximum absolute atomic E-state index is 5.18. The van der Waals surface area contributed by atoms with E-state index in [2.05, 4.69) is 4.94 Å². The molecule has 0 fully saturated rings. The van der Waals surface area contributed by atoms with E-state index in [9.17, 15) is 0 Å². The first-order valence-corrected chi connectivity index (χ1v) is 2.31. The van der Waals surface area contributed by atoms with E-state index in [1.165, 1.54) is 0 Å². The minimum Gasteiger partial charge on any atom is -0.261 e. The predicted octanol–water partition coefficient (Wildman–Crippen LogP) is 1.19. The summed E-state index contributed by atoms with van der Waals surface area (Å²) in [6.07, 6.45) is 3.62. The van der Waals surface area contributed by atoms with E-state index in [1.54, 1.807) is 4.68 Å². The van der Waals surface area contributed by atoms with Gasteiger partial charge >= 0.3 is 0 Å². The molecule has 0 radical (unpaired) electrons. The van der Waals surface area contributed by atoms with Crippen LogP contribution >= 0.6 is 11.8 Å². The Morgan fingerprint density at radius 1 is 1.29 bits per heavy atom. The number of rotatable bonds is 1. The molecule has 0 unspecified atom stereocenters. The van der Waals surface area contributed by atoms with Gasteiger partial charge in [-0.25, -0.2) is 4.94 Å². The molecule has 0 aliphatic carbocycles. The number of halogens is 1. The molecule has 0 aliphatic heterocycles. The topological polar surface area (TPSA) is 17.0 Å². The van der Waals surface area contributed by atoms with Crippen molar-refractivity contribution in [3.63, 3.8) is 0 Å². The fraction of sp³-hybridized carbons (Fsp3) is 0. The van der Waals surface area contributed by atoms with Crippen LogP contribution < -0.4 is 4.94 Å². The van der Waals surface area contributed by atoms with Crippen molar-refractivity contribution < 1.29 is 0 Å².